The number of rotatable bonds is 3. The molecule has 2 rings (SSSR count). The number of halogens is 2. The van der Waals surface area contributed by atoms with E-state index in [1.807, 2.05) is 17.1 Å². The fourth-order valence-electron chi connectivity index (χ4n) is 1.62. The minimum atomic E-state index is 0.393. The number of hydrogen-bond acceptors (Lipinski definition) is 2. The second-order valence-corrected chi connectivity index (χ2v) is 5.12. The largest absolute Gasteiger partial charge is 0.272 e. The van der Waals surface area contributed by atoms with Gasteiger partial charge in [-0.05, 0) is 23.6 Å². The Kier molecular flexibility index (Phi) is 3.69. The fourth-order valence-corrected chi connectivity index (χ4v) is 2.08. The maximum Gasteiger partial charge on any atom is 0.131 e. The van der Waals surface area contributed by atoms with Crippen LogP contribution in [-0.2, 0) is 6.54 Å². The molecule has 0 atom stereocenters. The zero-order valence-corrected chi connectivity index (χ0v) is 11.2. The van der Waals surface area contributed by atoms with Gasteiger partial charge in [0.2, 0.25) is 0 Å². The van der Waals surface area contributed by atoms with Crippen molar-refractivity contribution in [3.05, 3.63) is 34.8 Å². The van der Waals surface area contributed by atoms with Crippen LogP contribution in [0.5, 0.6) is 0 Å². The highest BCUT2D eigenvalue weighted by molar-refractivity contribution is 6.32. The summed E-state index contributed by atoms with van der Waals surface area (Å²) in [5.74, 6) is 0.562. The lowest BCUT2D eigenvalue weighted by molar-refractivity contribution is 0.483. The first-order chi connectivity index (χ1) is 8.04. The summed E-state index contributed by atoms with van der Waals surface area (Å²) < 4.78 is 1.92. The second kappa shape index (κ2) is 5.07. The lowest BCUT2D eigenvalue weighted by Crippen LogP contribution is -2.03. The van der Waals surface area contributed by atoms with Gasteiger partial charge in [-0.1, -0.05) is 37.0 Å². The molecule has 0 aliphatic carbocycles. The molecule has 0 saturated carbocycles. The first-order valence-corrected chi connectivity index (χ1v) is 6.16. The van der Waals surface area contributed by atoms with Crippen molar-refractivity contribution in [1.29, 1.82) is 0 Å². The molecule has 0 aliphatic rings. The molecule has 3 nitrogen and oxygen atoms in total. The van der Waals surface area contributed by atoms with Crippen LogP contribution in [0.15, 0.2) is 24.5 Å². The molecular formula is C12H13Cl2N3. The van der Waals surface area contributed by atoms with E-state index in [9.17, 15) is 0 Å². The third-order valence-corrected chi connectivity index (χ3v) is 2.67. The molecule has 0 amide bonds. The molecule has 0 fully saturated rings. The second-order valence-electron chi connectivity index (χ2n) is 4.35. The molecule has 2 aromatic rings. The Bertz CT molecular complexity index is 500. The van der Waals surface area contributed by atoms with Crippen molar-refractivity contribution in [2.45, 2.75) is 20.4 Å². The molecule has 0 unspecified atom stereocenters. The molecule has 90 valence electrons. The Morgan fingerprint density at radius 3 is 2.41 bits per heavy atom. The maximum absolute atomic E-state index is 5.87. The molecule has 2 aromatic heterocycles. The van der Waals surface area contributed by atoms with Gasteiger partial charge in [0.1, 0.15) is 10.3 Å². The molecular weight excluding hydrogens is 257 g/mol. The van der Waals surface area contributed by atoms with E-state index in [1.54, 1.807) is 12.1 Å². The van der Waals surface area contributed by atoms with Crippen LogP contribution in [0.25, 0.3) is 11.1 Å². The molecule has 0 radical (unpaired) electrons. The maximum atomic E-state index is 5.87. The quantitative estimate of drug-likeness (QED) is 0.792. The van der Waals surface area contributed by atoms with Crippen LogP contribution in [0.1, 0.15) is 13.8 Å². The van der Waals surface area contributed by atoms with E-state index in [-0.39, 0.29) is 0 Å². The van der Waals surface area contributed by atoms with Gasteiger partial charge in [-0.25, -0.2) is 4.98 Å². The summed E-state index contributed by atoms with van der Waals surface area (Å²) in [5, 5.41) is 5.09. The van der Waals surface area contributed by atoms with Crippen molar-refractivity contribution in [1.82, 2.24) is 14.8 Å². The van der Waals surface area contributed by atoms with Crippen LogP contribution in [0.3, 0.4) is 0 Å². The molecule has 17 heavy (non-hydrogen) atoms. The monoisotopic (exact) mass is 269 g/mol. The standard InChI is InChI=1S/C12H13Cl2N3/c1-8(2)6-17-7-10(5-15-17)9-3-11(13)16-12(14)4-9/h3-5,7-8H,6H2,1-2H3. The summed E-state index contributed by atoms with van der Waals surface area (Å²) in [6.07, 6.45) is 3.80. The lowest BCUT2D eigenvalue weighted by atomic mass is 10.1. The summed E-state index contributed by atoms with van der Waals surface area (Å²) in [5.41, 5.74) is 1.93. The Hall–Kier alpha value is -1.06. The van der Waals surface area contributed by atoms with Gasteiger partial charge in [-0.2, -0.15) is 5.10 Å². The molecule has 0 spiro atoms. The summed E-state index contributed by atoms with van der Waals surface area (Å²) >= 11 is 11.7. The zero-order chi connectivity index (χ0) is 12.4. The number of pyridine rings is 1. The third-order valence-electron chi connectivity index (χ3n) is 2.28. The van der Waals surface area contributed by atoms with E-state index in [1.165, 1.54) is 0 Å². The van der Waals surface area contributed by atoms with Gasteiger partial charge in [-0.15, -0.1) is 0 Å². The summed E-state index contributed by atoms with van der Waals surface area (Å²) in [7, 11) is 0. The summed E-state index contributed by atoms with van der Waals surface area (Å²) in [6.45, 7) is 5.20. The van der Waals surface area contributed by atoms with Crippen molar-refractivity contribution in [3.8, 4) is 11.1 Å². The van der Waals surface area contributed by atoms with Crippen molar-refractivity contribution in [2.24, 2.45) is 5.92 Å². The number of nitrogens with zero attached hydrogens (tertiary/aromatic N) is 3. The predicted molar refractivity (Wildman–Crippen MR) is 70.3 cm³/mol. The molecule has 5 heteroatoms. The Morgan fingerprint density at radius 2 is 1.82 bits per heavy atom. The highest BCUT2D eigenvalue weighted by Crippen LogP contribution is 2.24. The van der Waals surface area contributed by atoms with E-state index in [0.717, 1.165) is 17.7 Å². The summed E-state index contributed by atoms with van der Waals surface area (Å²) in [6, 6.07) is 3.56. The van der Waals surface area contributed by atoms with E-state index >= 15 is 0 Å². The van der Waals surface area contributed by atoms with Gasteiger partial charge in [0, 0.05) is 18.3 Å². The number of aromatic nitrogens is 3. The first-order valence-electron chi connectivity index (χ1n) is 5.40. The number of hydrogen-bond donors (Lipinski definition) is 0. The van der Waals surface area contributed by atoms with Crippen LogP contribution in [0.4, 0.5) is 0 Å². The first kappa shape index (κ1) is 12.4. The van der Waals surface area contributed by atoms with Gasteiger partial charge in [0.05, 0.1) is 6.20 Å². The van der Waals surface area contributed by atoms with E-state index < -0.39 is 0 Å². The van der Waals surface area contributed by atoms with Gasteiger partial charge in [0.25, 0.3) is 0 Å². The highest BCUT2D eigenvalue weighted by Gasteiger charge is 2.06. The van der Waals surface area contributed by atoms with Gasteiger partial charge < -0.3 is 0 Å². The van der Waals surface area contributed by atoms with Crippen LogP contribution in [-0.4, -0.2) is 14.8 Å². The zero-order valence-electron chi connectivity index (χ0n) is 9.69. The van der Waals surface area contributed by atoms with E-state index in [0.29, 0.717) is 16.2 Å². The Morgan fingerprint density at radius 1 is 1.18 bits per heavy atom. The van der Waals surface area contributed by atoms with Gasteiger partial charge in [-0.3, -0.25) is 4.68 Å². The van der Waals surface area contributed by atoms with Crippen molar-refractivity contribution >= 4 is 23.2 Å². The van der Waals surface area contributed by atoms with Gasteiger partial charge in [0.15, 0.2) is 0 Å². The molecule has 0 N–H and O–H groups in total. The SMILES string of the molecule is CC(C)Cn1cc(-c2cc(Cl)nc(Cl)c2)cn1. The Labute approximate surface area is 110 Å². The Balaban J connectivity index is 2.30. The van der Waals surface area contributed by atoms with Crippen molar-refractivity contribution < 1.29 is 0 Å². The average Bonchev–Trinajstić information content (AvgIpc) is 2.63. The molecule has 0 bridgehead atoms. The normalized spacial score (nSPS) is 11.1. The van der Waals surface area contributed by atoms with Crippen LogP contribution in [0, 0.1) is 5.92 Å². The minimum absolute atomic E-state index is 0.393. The smallest absolute Gasteiger partial charge is 0.131 e. The average molecular weight is 270 g/mol. The molecule has 0 aliphatic heterocycles. The van der Waals surface area contributed by atoms with E-state index in [4.69, 9.17) is 23.2 Å². The minimum Gasteiger partial charge on any atom is -0.272 e. The lowest BCUT2D eigenvalue weighted by Gasteiger charge is -2.03. The molecule has 0 saturated heterocycles. The van der Waals surface area contributed by atoms with E-state index in [2.05, 4.69) is 23.9 Å². The van der Waals surface area contributed by atoms with Crippen molar-refractivity contribution in [3.63, 3.8) is 0 Å². The summed E-state index contributed by atoms with van der Waals surface area (Å²) in [4.78, 5) is 3.92. The third kappa shape index (κ3) is 3.20. The predicted octanol–water partition coefficient (Wildman–Crippen LogP) is 3.91. The highest BCUT2D eigenvalue weighted by atomic mass is 35.5. The van der Waals surface area contributed by atoms with Crippen LogP contribution < -0.4 is 0 Å². The molecule has 0 aromatic carbocycles. The van der Waals surface area contributed by atoms with Crippen LogP contribution >= 0.6 is 23.2 Å². The topological polar surface area (TPSA) is 30.7 Å². The van der Waals surface area contributed by atoms with Gasteiger partial charge >= 0.3 is 0 Å². The van der Waals surface area contributed by atoms with Crippen molar-refractivity contribution in [2.75, 3.05) is 0 Å². The van der Waals surface area contributed by atoms with Crippen LogP contribution in [0.2, 0.25) is 10.3 Å². The fraction of sp³-hybridized carbons (Fsp3) is 0.333. The molecule has 2 heterocycles.